The maximum absolute atomic E-state index is 5.91. The third-order valence-electron chi connectivity index (χ3n) is 3.51. The molecule has 0 saturated heterocycles. The summed E-state index contributed by atoms with van der Waals surface area (Å²) in [5.41, 5.74) is 11.1. The van der Waals surface area contributed by atoms with E-state index in [0.717, 1.165) is 29.7 Å². The molecule has 1 aromatic carbocycles. The van der Waals surface area contributed by atoms with E-state index in [4.69, 9.17) is 10.3 Å². The van der Waals surface area contributed by atoms with Crippen LogP contribution >= 0.6 is 0 Å². The Morgan fingerprint density at radius 2 is 1.90 bits per heavy atom. The maximum atomic E-state index is 5.91. The first-order chi connectivity index (χ1) is 10.2. The number of rotatable bonds is 4. The summed E-state index contributed by atoms with van der Waals surface area (Å²) in [4.78, 5) is 4.13. The minimum atomic E-state index is 0.349. The van der Waals surface area contributed by atoms with Gasteiger partial charge >= 0.3 is 0 Å². The molecule has 3 aromatic rings. The molecule has 2 heterocycles. The fraction of sp³-hybridized carbons (Fsp3) is 0.176. The molecule has 0 aliphatic carbocycles. The monoisotopic (exact) mass is 279 g/mol. The Bertz CT molecular complexity index is 718. The highest BCUT2D eigenvalue weighted by atomic mass is 16.5. The summed E-state index contributed by atoms with van der Waals surface area (Å²) >= 11 is 0. The Morgan fingerprint density at radius 3 is 2.62 bits per heavy atom. The molecule has 0 bridgehead atoms. The highest BCUT2D eigenvalue weighted by Crippen LogP contribution is 2.29. The number of aromatic nitrogens is 2. The molecular weight excluding hydrogens is 262 g/mol. The molecule has 2 N–H and O–H groups in total. The summed E-state index contributed by atoms with van der Waals surface area (Å²) in [7, 11) is 0. The van der Waals surface area contributed by atoms with Crippen molar-refractivity contribution in [2.45, 2.75) is 19.8 Å². The van der Waals surface area contributed by atoms with E-state index in [9.17, 15) is 0 Å². The summed E-state index contributed by atoms with van der Waals surface area (Å²) in [6.07, 6.45) is 5.20. The molecule has 2 aromatic heterocycles. The summed E-state index contributed by atoms with van der Waals surface area (Å²) in [5, 5.41) is 4.10. The first kappa shape index (κ1) is 13.4. The van der Waals surface area contributed by atoms with Gasteiger partial charge in [0.1, 0.15) is 0 Å². The Labute approximate surface area is 123 Å². The predicted octanol–water partition coefficient (Wildman–Crippen LogP) is 3.41. The number of hydrogen-bond donors (Lipinski definition) is 1. The van der Waals surface area contributed by atoms with E-state index in [1.807, 2.05) is 12.1 Å². The topological polar surface area (TPSA) is 64.9 Å². The van der Waals surface area contributed by atoms with E-state index in [-0.39, 0.29) is 0 Å². The summed E-state index contributed by atoms with van der Waals surface area (Å²) in [6.45, 7) is 2.09. The molecular formula is C17H17N3O. The molecule has 106 valence electrons. The van der Waals surface area contributed by atoms with E-state index in [2.05, 4.69) is 41.3 Å². The normalized spacial score (nSPS) is 10.7. The van der Waals surface area contributed by atoms with Crippen LogP contribution in [-0.4, -0.2) is 10.1 Å². The molecule has 0 radical (unpaired) electrons. The van der Waals surface area contributed by atoms with Crippen molar-refractivity contribution in [3.8, 4) is 11.1 Å². The van der Waals surface area contributed by atoms with Crippen LogP contribution in [0.2, 0.25) is 0 Å². The van der Waals surface area contributed by atoms with Crippen molar-refractivity contribution in [1.82, 2.24) is 10.1 Å². The molecule has 0 spiro atoms. The number of aryl methyl sites for hydroxylation is 3. The summed E-state index contributed by atoms with van der Waals surface area (Å²) < 4.78 is 5.16. The number of nitrogen functional groups attached to an aromatic ring is 1. The lowest BCUT2D eigenvalue weighted by atomic mass is 10.0. The van der Waals surface area contributed by atoms with Gasteiger partial charge in [0.2, 0.25) is 5.88 Å². The molecule has 0 amide bonds. The van der Waals surface area contributed by atoms with Crippen LogP contribution in [0, 0.1) is 6.92 Å². The van der Waals surface area contributed by atoms with Crippen LogP contribution in [0.5, 0.6) is 0 Å². The maximum Gasteiger partial charge on any atom is 0.230 e. The van der Waals surface area contributed by atoms with E-state index >= 15 is 0 Å². The minimum Gasteiger partial charge on any atom is -0.367 e. The summed E-state index contributed by atoms with van der Waals surface area (Å²) in [5.74, 6) is 0.349. The molecule has 0 aliphatic heterocycles. The van der Waals surface area contributed by atoms with Gasteiger partial charge in [0.15, 0.2) is 0 Å². The van der Waals surface area contributed by atoms with E-state index in [1.54, 1.807) is 12.4 Å². The van der Waals surface area contributed by atoms with Crippen LogP contribution in [0.1, 0.15) is 16.8 Å². The van der Waals surface area contributed by atoms with Gasteiger partial charge in [-0.05, 0) is 31.4 Å². The fourth-order valence-corrected chi connectivity index (χ4v) is 2.35. The standard InChI is InChI=1S/C17H17N3O/c1-12-4-6-13(7-5-12)8-9-15-16(17(18)21-20-15)14-3-2-10-19-11-14/h2-7,10-11H,8-9,18H2,1H3. The van der Waals surface area contributed by atoms with Crippen molar-refractivity contribution < 1.29 is 4.52 Å². The highest BCUT2D eigenvalue weighted by Gasteiger charge is 2.15. The van der Waals surface area contributed by atoms with Gasteiger partial charge in [0.25, 0.3) is 0 Å². The van der Waals surface area contributed by atoms with Gasteiger partial charge in [-0.2, -0.15) is 0 Å². The number of nitrogens with two attached hydrogens (primary N) is 1. The molecule has 0 atom stereocenters. The third kappa shape index (κ3) is 2.94. The lowest BCUT2D eigenvalue weighted by Gasteiger charge is -2.03. The lowest BCUT2D eigenvalue weighted by molar-refractivity contribution is 0.427. The van der Waals surface area contributed by atoms with Crippen molar-refractivity contribution in [3.05, 3.63) is 65.6 Å². The van der Waals surface area contributed by atoms with Crippen molar-refractivity contribution in [3.63, 3.8) is 0 Å². The molecule has 21 heavy (non-hydrogen) atoms. The van der Waals surface area contributed by atoms with Crippen LogP contribution in [0.3, 0.4) is 0 Å². The van der Waals surface area contributed by atoms with Gasteiger partial charge in [0.05, 0.1) is 11.3 Å². The minimum absolute atomic E-state index is 0.349. The molecule has 0 aliphatic rings. The van der Waals surface area contributed by atoms with Gasteiger partial charge in [-0.15, -0.1) is 0 Å². The third-order valence-corrected chi connectivity index (χ3v) is 3.51. The first-order valence-corrected chi connectivity index (χ1v) is 6.94. The smallest absolute Gasteiger partial charge is 0.230 e. The SMILES string of the molecule is Cc1ccc(CCc2noc(N)c2-c2cccnc2)cc1. The molecule has 0 unspecified atom stereocenters. The van der Waals surface area contributed by atoms with E-state index < -0.39 is 0 Å². The van der Waals surface area contributed by atoms with Crippen LogP contribution < -0.4 is 5.73 Å². The molecule has 0 fully saturated rings. The van der Waals surface area contributed by atoms with Gasteiger partial charge in [0, 0.05) is 18.0 Å². The summed E-state index contributed by atoms with van der Waals surface area (Å²) in [6, 6.07) is 12.4. The molecule has 0 saturated carbocycles. The second-order valence-electron chi connectivity index (χ2n) is 5.10. The number of pyridine rings is 1. The van der Waals surface area contributed by atoms with Gasteiger partial charge in [-0.25, -0.2) is 0 Å². The Kier molecular flexibility index (Phi) is 3.69. The van der Waals surface area contributed by atoms with Crippen LogP contribution in [-0.2, 0) is 12.8 Å². The zero-order valence-electron chi connectivity index (χ0n) is 11.9. The van der Waals surface area contributed by atoms with Gasteiger partial charge in [-0.3, -0.25) is 4.98 Å². The quantitative estimate of drug-likeness (QED) is 0.794. The molecule has 4 heteroatoms. The zero-order valence-corrected chi connectivity index (χ0v) is 11.9. The highest BCUT2D eigenvalue weighted by molar-refractivity contribution is 5.74. The van der Waals surface area contributed by atoms with E-state index in [1.165, 1.54) is 11.1 Å². The second-order valence-corrected chi connectivity index (χ2v) is 5.10. The zero-order chi connectivity index (χ0) is 14.7. The van der Waals surface area contributed by atoms with Crippen molar-refractivity contribution in [2.24, 2.45) is 0 Å². The largest absolute Gasteiger partial charge is 0.367 e. The Hall–Kier alpha value is -2.62. The van der Waals surface area contributed by atoms with Crippen LogP contribution in [0.4, 0.5) is 5.88 Å². The number of anilines is 1. The Balaban J connectivity index is 1.82. The van der Waals surface area contributed by atoms with Crippen molar-refractivity contribution in [1.29, 1.82) is 0 Å². The van der Waals surface area contributed by atoms with Gasteiger partial charge < -0.3 is 10.3 Å². The average Bonchev–Trinajstić information content (AvgIpc) is 2.88. The van der Waals surface area contributed by atoms with E-state index in [0.29, 0.717) is 5.88 Å². The molecule has 4 nitrogen and oxygen atoms in total. The van der Waals surface area contributed by atoms with Crippen LogP contribution in [0.15, 0.2) is 53.3 Å². The van der Waals surface area contributed by atoms with Crippen molar-refractivity contribution in [2.75, 3.05) is 5.73 Å². The predicted molar refractivity (Wildman–Crippen MR) is 82.7 cm³/mol. The van der Waals surface area contributed by atoms with Gasteiger partial charge in [-0.1, -0.05) is 41.1 Å². The average molecular weight is 279 g/mol. The number of nitrogens with zero attached hydrogens (tertiary/aromatic N) is 2. The van der Waals surface area contributed by atoms with Crippen molar-refractivity contribution >= 4 is 5.88 Å². The Morgan fingerprint density at radius 1 is 1.10 bits per heavy atom. The fourth-order valence-electron chi connectivity index (χ4n) is 2.35. The lowest BCUT2D eigenvalue weighted by Crippen LogP contribution is -1.95. The van der Waals surface area contributed by atoms with Crippen LogP contribution in [0.25, 0.3) is 11.1 Å². The first-order valence-electron chi connectivity index (χ1n) is 6.94. The number of hydrogen-bond acceptors (Lipinski definition) is 4. The second kappa shape index (κ2) is 5.79. The molecule has 3 rings (SSSR count). The number of benzene rings is 1.